The number of esters is 3. The summed E-state index contributed by atoms with van der Waals surface area (Å²) >= 11 is 0. The van der Waals surface area contributed by atoms with Crippen molar-refractivity contribution in [3.63, 3.8) is 0 Å². The number of ether oxygens (including phenoxy) is 3. The lowest BCUT2D eigenvalue weighted by Crippen LogP contribution is -2.30. The summed E-state index contributed by atoms with van der Waals surface area (Å²) in [6.07, 6.45) is 74.9. The maximum Gasteiger partial charge on any atom is 0.310 e. The highest BCUT2D eigenvalue weighted by Gasteiger charge is 2.19. The zero-order chi connectivity index (χ0) is 48.6. The topological polar surface area (TPSA) is 78.9 Å². The molecule has 0 spiro atoms. The maximum atomic E-state index is 12.8. The van der Waals surface area contributed by atoms with Gasteiger partial charge in [0.05, 0.1) is 6.42 Å². The summed E-state index contributed by atoms with van der Waals surface area (Å²) in [4.78, 5) is 38.0. The van der Waals surface area contributed by atoms with Gasteiger partial charge in [0.2, 0.25) is 0 Å². The second-order valence-electron chi connectivity index (χ2n) is 17.4. The van der Waals surface area contributed by atoms with Crippen LogP contribution < -0.4 is 0 Å². The highest BCUT2D eigenvalue weighted by atomic mass is 16.6. The van der Waals surface area contributed by atoms with Gasteiger partial charge >= 0.3 is 17.9 Å². The Morgan fingerprint density at radius 1 is 0.328 bits per heavy atom. The van der Waals surface area contributed by atoms with Crippen molar-refractivity contribution in [1.29, 1.82) is 0 Å². The maximum absolute atomic E-state index is 12.8. The number of carbonyl (C=O) groups excluding carboxylic acids is 3. The normalized spacial score (nSPS) is 13.1. The molecule has 0 aliphatic carbocycles. The molecule has 0 amide bonds. The molecule has 0 aliphatic heterocycles. The second kappa shape index (κ2) is 54.4. The van der Waals surface area contributed by atoms with E-state index in [2.05, 4.69) is 130 Å². The second-order valence-corrected chi connectivity index (χ2v) is 17.4. The Labute approximate surface area is 412 Å². The van der Waals surface area contributed by atoms with Crippen LogP contribution in [0.25, 0.3) is 0 Å². The Hall–Kier alpha value is -4.19. The first-order valence-electron chi connectivity index (χ1n) is 27.0. The van der Waals surface area contributed by atoms with Gasteiger partial charge in [-0.1, -0.05) is 219 Å². The van der Waals surface area contributed by atoms with E-state index in [9.17, 15) is 14.4 Å². The largest absolute Gasteiger partial charge is 0.462 e. The lowest BCUT2D eigenvalue weighted by atomic mass is 10.1. The van der Waals surface area contributed by atoms with Crippen LogP contribution in [0.2, 0.25) is 0 Å². The number of hydrogen-bond donors (Lipinski definition) is 0. The molecule has 6 heteroatoms. The van der Waals surface area contributed by atoms with Gasteiger partial charge in [0, 0.05) is 12.8 Å². The number of hydrogen-bond acceptors (Lipinski definition) is 6. The fourth-order valence-corrected chi connectivity index (χ4v) is 6.97. The van der Waals surface area contributed by atoms with Crippen LogP contribution in [0.3, 0.4) is 0 Å². The predicted octanol–water partition coefficient (Wildman–Crippen LogP) is 18.1. The minimum atomic E-state index is -0.845. The van der Waals surface area contributed by atoms with E-state index in [1.165, 1.54) is 70.6 Å². The van der Waals surface area contributed by atoms with Crippen LogP contribution >= 0.6 is 0 Å². The van der Waals surface area contributed by atoms with Gasteiger partial charge in [0.25, 0.3) is 0 Å². The van der Waals surface area contributed by atoms with Crippen LogP contribution in [0, 0.1) is 0 Å². The Bertz CT molecular complexity index is 1440. The first kappa shape index (κ1) is 62.8. The summed E-state index contributed by atoms with van der Waals surface area (Å²) in [5, 5.41) is 0. The Morgan fingerprint density at radius 2 is 0.627 bits per heavy atom. The molecule has 6 nitrogen and oxygen atoms in total. The summed E-state index contributed by atoms with van der Waals surface area (Å²) in [5.41, 5.74) is 0. The highest BCUT2D eigenvalue weighted by Crippen LogP contribution is 2.13. The van der Waals surface area contributed by atoms with Crippen molar-refractivity contribution in [2.75, 3.05) is 13.2 Å². The van der Waals surface area contributed by atoms with Crippen molar-refractivity contribution in [2.45, 2.75) is 232 Å². The smallest absolute Gasteiger partial charge is 0.310 e. The molecule has 0 N–H and O–H groups in total. The van der Waals surface area contributed by atoms with E-state index in [0.29, 0.717) is 19.3 Å². The minimum absolute atomic E-state index is 0.0877. The highest BCUT2D eigenvalue weighted by molar-refractivity contribution is 5.72. The molecule has 0 aliphatic rings. The van der Waals surface area contributed by atoms with E-state index >= 15 is 0 Å². The van der Waals surface area contributed by atoms with Gasteiger partial charge in [0.1, 0.15) is 13.2 Å². The van der Waals surface area contributed by atoms with Crippen LogP contribution in [0.1, 0.15) is 226 Å². The molecule has 0 radical (unpaired) electrons. The molecule has 378 valence electrons. The molecule has 0 saturated heterocycles. The molecule has 67 heavy (non-hydrogen) atoms. The van der Waals surface area contributed by atoms with Crippen LogP contribution in [0.15, 0.2) is 122 Å². The van der Waals surface area contributed by atoms with Gasteiger partial charge < -0.3 is 14.2 Å². The fraction of sp³-hybridized carbons (Fsp3) is 0.623. The van der Waals surface area contributed by atoms with Crippen molar-refractivity contribution < 1.29 is 28.6 Å². The van der Waals surface area contributed by atoms with Gasteiger partial charge in [0.15, 0.2) is 6.10 Å². The Kier molecular flexibility index (Phi) is 51.0. The molecular weight excluding hydrogens is 829 g/mol. The molecule has 0 fully saturated rings. The van der Waals surface area contributed by atoms with Crippen molar-refractivity contribution in [1.82, 2.24) is 0 Å². The first-order valence-corrected chi connectivity index (χ1v) is 27.0. The average molecular weight is 927 g/mol. The Morgan fingerprint density at radius 3 is 0.985 bits per heavy atom. The molecule has 0 aromatic carbocycles. The predicted molar refractivity (Wildman–Crippen MR) is 288 cm³/mol. The monoisotopic (exact) mass is 927 g/mol. The quantitative estimate of drug-likeness (QED) is 0.0262. The zero-order valence-electron chi connectivity index (χ0n) is 43.1. The minimum Gasteiger partial charge on any atom is -0.462 e. The zero-order valence-corrected chi connectivity index (χ0v) is 43.1. The summed E-state index contributed by atoms with van der Waals surface area (Å²) in [6.45, 7) is 6.28. The third-order valence-electron chi connectivity index (χ3n) is 11.0. The van der Waals surface area contributed by atoms with E-state index in [0.717, 1.165) is 109 Å². The summed E-state index contributed by atoms with van der Waals surface area (Å²) in [7, 11) is 0. The van der Waals surface area contributed by atoms with Crippen molar-refractivity contribution in [2.24, 2.45) is 0 Å². The van der Waals surface area contributed by atoms with Crippen LogP contribution in [0.4, 0.5) is 0 Å². The molecule has 1 atom stereocenters. The number of unbranched alkanes of at least 4 members (excludes halogenated alkanes) is 17. The van der Waals surface area contributed by atoms with Gasteiger partial charge in [-0.15, -0.1) is 0 Å². The SMILES string of the molecule is CC/C=C\C/C=C\C/C=C\C/C=C\C/C=C\CC(=O)OC(COC(=O)CCCCCCC/C=C\C/C=C\C/C=C\CC)COC(=O)CCCCCCCCCCC/C=C\C/C=C\CCCCC. The van der Waals surface area contributed by atoms with E-state index in [4.69, 9.17) is 14.2 Å². The van der Waals surface area contributed by atoms with Crippen molar-refractivity contribution in [3.8, 4) is 0 Å². The van der Waals surface area contributed by atoms with Crippen LogP contribution in [-0.4, -0.2) is 37.2 Å². The lowest BCUT2D eigenvalue weighted by Gasteiger charge is -2.18. The third-order valence-corrected chi connectivity index (χ3v) is 11.0. The number of allylic oxidation sites excluding steroid dienone is 19. The van der Waals surface area contributed by atoms with E-state index in [1.54, 1.807) is 6.08 Å². The van der Waals surface area contributed by atoms with Crippen molar-refractivity contribution in [3.05, 3.63) is 122 Å². The van der Waals surface area contributed by atoms with E-state index in [1.807, 2.05) is 6.08 Å². The first-order chi connectivity index (χ1) is 33.0. The van der Waals surface area contributed by atoms with E-state index in [-0.39, 0.29) is 31.6 Å². The molecular formula is C61H98O6. The van der Waals surface area contributed by atoms with Crippen LogP contribution in [-0.2, 0) is 28.6 Å². The third kappa shape index (κ3) is 52.6. The van der Waals surface area contributed by atoms with Gasteiger partial charge in [-0.2, -0.15) is 0 Å². The van der Waals surface area contributed by atoms with Crippen LogP contribution in [0.5, 0.6) is 0 Å². The summed E-state index contributed by atoms with van der Waals surface area (Å²) in [6, 6.07) is 0. The molecule has 1 unspecified atom stereocenters. The van der Waals surface area contributed by atoms with E-state index < -0.39 is 12.1 Å². The standard InChI is InChI=1S/C61H98O6/c1-4-7-10-13-16-19-22-25-28-29-30-31-34-36-39-42-45-48-51-54-60(63)66-57-58(67-61(64)55-52-49-46-43-40-37-33-27-24-21-18-15-12-9-6-3)56-65-59(62)53-50-47-44-41-38-35-32-26-23-20-17-14-11-8-5-2/h8-9,11-12,16-21,25-28,32-33,40,43,49,52,58H,4-7,10,13-15,22-24,29-31,34-39,41-42,44-48,50-51,53-57H2,1-3H3/b11-8-,12-9-,19-16-,20-17-,21-18-,28-25-,32-26-,33-27-,43-40-,52-49-. The average Bonchev–Trinajstić information content (AvgIpc) is 3.33. The Balaban J connectivity index is 4.52. The molecule has 0 bridgehead atoms. The van der Waals surface area contributed by atoms with Gasteiger partial charge in [-0.05, 0) is 109 Å². The molecule has 0 saturated carbocycles. The lowest BCUT2D eigenvalue weighted by molar-refractivity contribution is -0.166. The fourth-order valence-electron chi connectivity index (χ4n) is 6.97. The molecule has 0 rings (SSSR count). The molecule has 0 heterocycles. The van der Waals surface area contributed by atoms with Gasteiger partial charge in [-0.3, -0.25) is 14.4 Å². The molecule has 0 aromatic heterocycles. The number of rotatable bonds is 47. The molecule has 0 aromatic rings. The summed E-state index contributed by atoms with van der Waals surface area (Å²) in [5.74, 6) is -1.08. The van der Waals surface area contributed by atoms with Gasteiger partial charge in [-0.25, -0.2) is 0 Å². The van der Waals surface area contributed by atoms with Crippen molar-refractivity contribution >= 4 is 17.9 Å². The summed E-state index contributed by atoms with van der Waals surface area (Å²) < 4.78 is 16.7. The number of carbonyl (C=O) groups is 3.